The van der Waals surface area contributed by atoms with E-state index in [1.165, 1.54) is 0 Å². The molecule has 1 aromatic rings. The summed E-state index contributed by atoms with van der Waals surface area (Å²) < 4.78 is 56.0. The molecule has 0 aromatic carbocycles. The third-order valence-electron chi connectivity index (χ3n) is 3.12. The smallest absolute Gasteiger partial charge is 0.398 e. The fourth-order valence-electron chi connectivity index (χ4n) is 1.43. The van der Waals surface area contributed by atoms with Crippen LogP contribution >= 0.6 is 0 Å². The lowest BCUT2D eigenvalue weighted by atomic mass is 9.83. The molecule has 0 aliphatic carbocycles. The number of hydrogen-bond donors (Lipinski definition) is 0. The first-order chi connectivity index (χ1) is 9.65. The molecule has 0 N–H and O–H groups in total. The maximum absolute atomic E-state index is 7.52. The Kier molecular flexibility index (Phi) is 1.27. The Hall–Kier alpha value is -0.875. The summed E-state index contributed by atoms with van der Waals surface area (Å²) >= 11 is 0. The average Bonchev–Trinajstić information content (AvgIpc) is 2.77. The highest BCUT2D eigenvalue weighted by atomic mass is 16.7. The lowest BCUT2D eigenvalue weighted by Gasteiger charge is -2.32. The summed E-state index contributed by atoms with van der Waals surface area (Å²) in [7, 11) is -1.09. The van der Waals surface area contributed by atoms with Gasteiger partial charge in [-0.1, -0.05) is 0 Å². The first kappa shape index (κ1) is 6.16. The minimum atomic E-state index is -2.68. The van der Waals surface area contributed by atoms with Gasteiger partial charge in [0.25, 0.3) is 0 Å². The molecular formula is C10H18BN3O2. The van der Waals surface area contributed by atoms with Crippen LogP contribution in [0.5, 0.6) is 0 Å². The third-order valence-corrected chi connectivity index (χ3v) is 3.12. The fraction of sp³-hybridized carbons (Fsp3) is 0.800. The van der Waals surface area contributed by atoms with Crippen molar-refractivity contribution < 1.29 is 17.5 Å². The summed E-state index contributed by atoms with van der Waals surface area (Å²) in [5.41, 5.74) is -1.96. The van der Waals surface area contributed by atoms with Gasteiger partial charge in [0.05, 0.1) is 16.9 Å². The molecule has 16 heavy (non-hydrogen) atoms. The molecule has 0 saturated carbocycles. The summed E-state index contributed by atoms with van der Waals surface area (Å²) in [6, 6.07) is 0. The zero-order chi connectivity index (χ0) is 17.1. The van der Waals surface area contributed by atoms with Crippen molar-refractivity contribution in [2.75, 3.05) is 0 Å². The second kappa shape index (κ2) is 3.31. The van der Waals surface area contributed by atoms with Crippen molar-refractivity contribution in [2.24, 2.45) is 6.98 Å². The van der Waals surface area contributed by atoms with Gasteiger partial charge in [-0.05, 0) is 34.5 Å². The van der Waals surface area contributed by atoms with E-state index in [9.17, 15) is 0 Å². The molecule has 1 fully saturated rings. The van der Waals surface area contributed by atoms with Crippen LogP contribution in [0.1, 0.15) is 41.6 Å². The highest BCUT2D eigenvalue weighted by Crippen LogP contribution is 2.36. The number of aryl methyl sites for hydroxylation is 2. The quantitative estimate of drug-likeness (QED) is 0.655. The van der Waals surface area contributed by atoms with Gasteiger partial charge in [0.15, 0.2) is 0 Å². The predicted molar refractivity (Wildman–Crippen MR) is 61.5 cm³/mol. The van der Waals surface area contributed by atoms with Crippen molar-refractivity contribution in [2.45, 2.75) is 45.7 Å². The zero-order valence-electron chi connectivity index (χ0n) is 15.7. The molecule has 0 unspecified atom stereocenters. The van der Waals surface area contributed by atoms with Crippen molar-refractivity contribution in [1.82, 2.24) is 15.0 Å². The van der Waals surface area contributed by atoms with E-state index in [2.05, 4.69) is 10.2 Å². The van der Waals surface area contributed by atoms with Crippen molar-refractivity contribution in [3.05, 3.63) is 5.69 Å². The third kappa shape index (κ3) is 1.66. The van der Waals surface area contributed by atoms with Gasteiger partial charge < -0.3 is 9.31 Å². The molecule has 1 aromatic heterocycles. The van der Waals surface area contributed by atoms with E-state index in [0.29, 0.717) is 4.80 Å². The molecule has 2 heterocycles. The summed E-state index contributed by atoms with van der Waals surface area (Å²) in [5, 5.41) is 7.41. The summed E-state index contributed by atoms with van der Waals surface area (Å²) in [6.07, 6.45) is 0. The van der Waals surface area contributed by atoms with Gasteiger partial charge in [0, 0.05) is 15.2 Å². The normalized spacial score (nSPS) is 29.9. The van der Waals surface area contributed by atoms with Crippen LogP contribution in [0.15, 0.2) is 0 Å². The minimum Gasteiger partial charge on any atom is -0.398 e. The van der Waals surface area contributed by atoms with Gasteiger partial charge in [-0.2, -0.15) is 15.0 Å². The largest absolute Gasteiger partial charge is 0.518 e. The van der Waals surface area contributed by atoms with Gasteiger partial charge in [-0.3, -0.25) is 0 Å². The van der Waals surface area contributed by atoms with E-state index >= 15 is 0 Å². The Bertz CT molecular complexity index is 564. The standard InChI is InChI=1S/C10H18BN3O2/c1-7-8(13-14(6)12-7)11-15-9(2,3)10(4,5)16-11/h1-6H3/i1D3,6D3. The predicted octanol–water partition coefficient (Wildman–Crippen LogP) is 0.423. The number of nitrogens with zero attached hydrogens (tertiary/aromatic N) is 3. The van der Waals surface area contributed by atoms with E-state index in [1.807, 2.05) is 0 Å². The number of aromatic nitrogens is 3. The molecule has 0 radical (unpaired) electrons. The van der Waals surface area contributed by atoms with Crippen LogP contribution in [-0.4, -0.2) is 33.3 Å². The van der Waals surface area contributed by atoms with Gasteiger partial charge in [-0.25, -0.2) is 0 Å². The second-order valence-corrected chi connectivity index (χ2v) is 4.81. The van der Waals surface area contributed by atoms with Crippen molar-refractivity contribution in [3.8, 4) is 0 Å². The molecule has 0 spiro atoms. The molecule has 1 aliphatic rings. The molecule has 88 valence electrons. The highest BCUT2D eigenvalue weighted by Gasteiger charge is 2.53. The van der Waals surface area contributed by atoms with Crippen LogP contribution < -0.4 is 5.59 Å². The lowest BCUT2D eigenvalue weighted by Crippen LogP contribution is -2.41. The van der Waals surface area contributed by atoms with Gasteiger partial charge in [0.1, 0.15) is 5.59 Å². The average molecular weight is 229 g/mol. The highest BCUT2D eigenvalue weighted by molar-refractivity contribution is 6.61. The second-order valence-electron chi connectivity index (χ2n) is 4.81. The lowest BCUT2D eigenvalue weighted by molar-refractivity contribution is 0.00578. The van der Waals surface area contributed by atoms with E-state index in [4.69, 9.17) is 17.5 Å². The van der Waals surface area contributed by atoms with Crippen LogP contribution in [0.4, 0.5) is 0 Å². The fourth-order valence-corrected chi connectivity index (χ4v) is 1.43. The molecule has 1 saturated heterocycles. The molecule has 5 nitrogen and oxygen atoms in total. The Morgan fingerprint density at radius 2 is 1.81 bits per heavy atom. The maximum atomic E-state index is 7.52. The molecule has 6 heteroatoms. The van der Waals surface area contributed by atoms with Crippen LogP contribution in [-0.2, 0) is 16.3 Å². The Balaban J connectivity index is 2.50. The minimum absolute atomic E-state index is 0.130. The Morgan fingerprint density at radius 1 is 1.19 bits per heavy atom. The Morgan fingerprint density at radius 3 is 2.31 bits per heavy atom. The number of hydrogen-bond acceptors (Lipinski definition) is 4. The Labute approximate surface area is 105 Å². The van der Waals surface area contributed by atoms with Gasteiger partial charge in [-0.15, -0.1) is 0 Å². The topological polar surface area (TPSA) is 49.2 Å². The van der Waals surface area contributed by atoms with Crippen LogP contribution in [0.2, 0.25) is 0 Å². The van der Waals surface area contributed by atoms with E-state index < -0.39 is 37.8 Å². The molecule has 2 rings (SSSR count). The monoisotopic (exact) mass is 229 g/mol. The molecule has 0 atom stereocenters. The van der Waals surface area contributed by atoms with Gasteiger partial charge in [0.2, 0.25) is 0 Å². The first-order valence-corrected chi connectivity index (χ1v) is 4.99. The zero-order valence-corrected chi connectivity index (χ0v) is 9.74. The van der Waals surface area contributed by atoms with Crippen molar-refractivity contribution in [3.63, 3.8) is 0 Å². The SMILES string of the molecule is [2H]C([2H])([2H])c1nn(C([2H])([2H])[2H])nc1B1OC(C)(C)C(C)(C)O1. The van der Waals surface area contributed by atoms with Gasteiger partial charge >= 0.3 is 7.12 Å². The number of rotatable bonds is 1. The van der Waals surface area contributed by atoms with Crippen molar-refractivity contribution >= 4 is 12.7 Å². The molecular weight excluding hydrogens is 205 g/mol. The molecule has 1 aliphatic heterocycles. The summed E-state index contributed by atoms with van der Waals surface area (Å²) in [4.78, 5) is 0.412. The molecule has 0 bridgehead atoms. The maximum Gasteiger partial charge on any atom is 0.518 e. The van der Waals surface area contributed by atoms with E-state index in [-0.39, 0.29) is 5.59 Å². The molecule has 0 amide bonds. The first-order valence-electron chi connectivity index (χ1n) is 7.99. The van der Waals surface area contributed by atoms with Crippen LogP contribution in [0.25, 0.3) is 0 Å². The van der Waals surface area contributed by atoms with E-state index in [0.717, 1.165) is 0 Å². The van der Waals surface area contributed by atoms with Crippen LogP contribution in [0, 0.1) is 6.85 Å². The van der Waals surface area contributed by atoms with Crippen LogP contribution in [0.3, 0.4) is 0 Å². The summed E-state index contributed by atoms with van der Waals surface area (Å²) in [5.74, 6) is 0. The van der Waals surface area contributed by atoms with Crippen molar-refractivity contribution in [1.29, 1.82) is 0 Å². The van der Waals surface area contributed by atoms with E-state index in [1.54, 1.807) is 27.7 Å². The summed E-state index contributed by atoms with van der Waals surface area (Å²) in [6.45, 7) is 1.91.